The van der Waals surface area contributed by atoms with Crippen molar-refractivity contribution in [1.82, 2.24) is 10.2 Å². The van der Waals surface area contributed by atoms with Gasteiger partial charge in [0.15, 0.2) is 0 Å². The van der Waals surface area contributed by atoms with Crippen LogP contribution in [-0.4, -0.2) is 34.6 Å². The van der Waals surface area contributed by atoms with E-state index in [1.165, 1.54) is 23.9 Å². The van der Waals surface area contributed by atoms with Crippen LogP contribution in [0.2, 0.25) is 0 Å². The van der Waals surface area contributed by atoms with Gasteiger partial charge in [0, 0.05) is 22.8 Å². The molecule has 31 heavy (non-hydrogen) atoms. The first-order valence-corrected chi connectivity index (χ1v) is 12.5. The summed E-state index contributed by atoms with van der Waals surface area (Å²) in [5, 5.41) is 3.11. The van der Waals surface area contributed by atoms with Crippen LogP contribution in [0.25, 0.3) is 0 Å². The van der Waals surface area contributed by atoms with Gasteiger partial charge in [-0.15, -0.1) is 11.8 Å². The maximum atomic E-state index is 13.1. The number of benzene rings is 2. The van der Waals surface area contributed by atoms with Gasteiger partial charge in [-0.3, -0.25) is 9.59 Å². The predicted molar refractivity (Wildman–Crippen MR) is 127 cm³/mol. The summed E-state index contributed by atoms with van der Waals surface area (Å²) in [6.45, 7) is 2.17. The third-order valence-electron chi connectivity index (χ3n) is 5.54. The fourth-order valence-electron chi connectivity index (χ4n) is 3.68. The van der Waals surface area contributed by atoms with E-state index in [1.54, 1.807) is 24.0 Å². The molecule has 2 aromatic carbocycles. The van der Waals surface area contributed by atoms with Crippen LogP contribution in [0.4, 0.5) is 4.39 Å². The van der Waals surface area contributed by atoms with Gasteiger partial charge < -0.3 is 10.2 Å². The topological polar surface area (TPSA) is 49.4 Å². The molecule has 0 radical (unpaired) electrons. The molecule has 0 saturated heterocycles. The summed E-state index contributed by atoms with van der Waals surface area (Å²) in [6.07, 6.45) is 4.29. The summed E-state index contributed by atoms with van der Waals surface area (Å²) in [7, 11) is 0. The lowest BCUT2D eigenvalue weighted by molar-refractivity contribution is -0.138. The highest BCUT2D eigenvalue weighted by Gasteiger charge is 2.28. The van der Waals surface area contributed by atoms with E-state index in [2.05, 4.69) is 21.2 Å². The van der Waals surface area contributed by atoms with Crippen molar-refractivity contribution in [2.45, 2.75) is 57.0 Å². The van der Waals surface area contributed by atoms with E-state index in [1.807, 2.05) is 24.3 Å². The van der Waals surface area contributed by atoms with Gasteiger partial charge in [0.25, 0.3) is 0 Å². The quantitative estimate of drug-likeness (QED) is 0.502. The molecule has 1 saturated carbocycles. The van der Waals surface area contributed by atoms with E-state index in [0.717, 1.165) is 41.3 Å². The van der Waals surface area contributed by atoms with Crippen molar-refractivity contribution in [3.8, 4) is 0 Å². The first-order chi connectivity index (χ1) is 14.9. The summed E-state index contributed by atoms with van der Waals surface area (Å²) in [4.78, 5) is 27.6. The molecule has 2 amide bonds. The Bertz CT molecular complexity index is 870. The standard InChI is InChI=1S/C24H28BrFN2O2S/c1-17(24(30)27-22-4-2-3-5-22)28(14-18-6-10-20(25)11-7-18)23(29)16-31-15-19-8-12-21(26)13-9-19/h6-13,17,22H,2-5,14-16H2,1H3,(H,27,30). The predicted octanol–water partition coefficient (Wildman–Crippen LogP) is 5.30. The molecule has 166 valence electrons. The van der Waals surface area contributed by atoms with E-state index >= 15 is 0 Å². The Hall–Kier alpha value is -1.86. The smallest absolute Gasteiger partial charge is 0.242 e. The zero-order chi connectivity index (χ0) is 22.2. The van der Waals surface area contributed by atoms with Crippen molar-refractivity contribution in [3.05, 3.63) is 69.9 Å². The summed E-state index contributed by atoms with van der Waals surface area (Å²) in [5.41, 5.74) is 1.94. The van der Waals surface area contributed by atoms with E-state index in [9.17, 15) is 14.0 Å². The number of carbonyl (C=O) groups excluding carboxylic acids is 2. The van der Waals surface area contributed by atoms with E-state index < -0.39 is 6.04 Å². The van der Waals surface area contributed by atoms with Crippen molar-refractivity contribution in [2.24, 2.45) is 0 Å². The molecule has 0 heterocycles. The fraction of sp³-hybridized carbons (Fsp3) is 0.417. The molecule has 0 aromatic heterocycles. The lowest BCUT2D eigenvalue weighted by Gasteiger charge is -2.29. The minimum absolute atomic E-state index is 0.0795. The SMILES string of the molecule is CC(C(=O)NC1CCCC1)N(Cc1ccc(Br)cc1)C(=O)CSCc1ccc(F)cc1. The number of halogens is 2. The molecule has 2 aromatic rings. The average Bonchev–Trinajstić information content (AvgIpc) is 3.27. The number of nitrogens with zero attached hydrogens (tertiary/aromatic N) is 1. The molecule has 1 atom stereocenters. The number of amides is 2. The average molecular weight is 507 g/mol. The second kappa shape index (κ2) is 11.7. The van der Waals surface area contributed by atoms with Gasteiger partial charge in [-0.05, 0) is 55.2 Å². The van der Waals surface area contributed by atoms with E-state index in [0.29, 0.717) is 12.3 Å². The zero-order valence-electron chi connectivity index (χ0n) is 17.7. The summed E-state index contributed by atoms with van der Waals surface area (Å²) in [6, 6.07) is 13.7. The molecular formula is C24H28BrFN2O2S. The van der Waals surface area contributed by atoms with Crippen LogP contribution in [0.15, 0.2) is 53.0 Å². The largest absolute Gasteiger partial charge is 0.352 e. The Morgan fingerprint density at radius 2 is 1.71 bits per heavy atom. The van der Waals surface area contributed by atoms with Gasteiger partial charge in [0.1, 0.15) is 11.9 Å². The molecule has 1 unspecified atom stereocenters. The van der Waals surface area contributed by atoms with Gasteiger partial charge in [-0.2, -0.15) is 0 Å². The number of carbonyl (C=O) groups is 2. The maximum absolute atomic E-state index is 13.1. The molecule has 0 aliphatic heterocycles. The van der Waals surface area contributed by atoms with Crippen molar-refractivity contribution in [1.29, 1.82) is 0 Å². The molecule has 3 rings (SSSR count). The second-order valence-corrected chi connectivity index (χ2v) is 9.83. The summed E-state index contributed by atoms with van der Waals surface area (Å²) >= 11 is 4.90. The molecule has 7 heteroatoms. The Morgan fingerprint density at radius 3 is 2.35 bits per heavy atom. The van der Waals surface area contributed by atoms with Gasteiger partial charge in [-0.1, -0.05) is 53.0 Å². The third-order valence-corrected chi connectivity index (χ3v) is 7.06. The number of rotatable bonds is 9. The monoisotopic (exact) mass is 506 g/mol. The van der Waals surface area contributed by atoms with Crippen molar-refractivity contribution < 1.29 is 14.0 Å². The van der Waals surface area contributed by atoms with E-state index in [4.69, 9.17) is 0 Å². The van der Waals surface area contributed by atoms with Crippen molar-refractivity contribution in [3.63, 3.8) is 0 Å². The zero-order valence-corrected chi connectivity index (χ0v) is 20.1. The lowest BCUT2D eigenvalue weighted by atomic mass is 10.1. The Morgan fingerprint density at radius 1 is 1.10 bits per heavy atom. The molecule has 0 spiro atoms. The number of hydrogen-bond donors (Lipinski definition) is 1. The van der Waals surface area contributed by atoms with Gasteiger partial charge >= 0.3 is 0 Å². The van der Waals surface area contributed by atoms with Crippen LogP contribution < -0.4 is 5.32 Å². The second-order valence-electron chi connectivity index (χ2n) is 7.93. The van der Waals surface area contributed by atoms with Crippen molar-refractivity contribution in [2.75, 3.05) is 5.75 Å². The van der Waals surface area contributed by atoms with Crippen LogP contribution in [0, 0.1) is 5.82 Å². The minimum Gasteiger partial charge on any atom is -0.352 e. The van der Waals surface area contributed by atoms with E-state index in [-0.39, 0.29) is 29.4 Å². The molecular weight excluding hydrogens is 479 g/mol. The molecule has 1 N–H and O–H groups in total. The number of hydrogen-bond acceptors (Lipinski definition) is 3. The molecule has 1 aliphatic carbocycles. The van der Waals surface area contributed by atoms with Crippen LogP contribution in [0.3, 0.4) is 0 Å². The van der Waals surface area contributed by atoms with Gasteiger partial charge in [-0.25, -0.2) is 4.39 Å². The highest BCUT2D eigenvalue weighted by Crippen LogP contribution is 2.20. The molecule has 4 nitrogen and oxygen atoms in total. The van der Waals surface area contributed by atoms with Crippen LogP contribution in [0.1, 0.15) is 43.7 Å². The van der Waals surface area contributed by atoms with Crippen LogP contribution in [0.5, 0.6) is 0 Å². The normalized spacial score (nSPS) is 14.9. The van der Waals surface area contributed by atoms with Crippen LogP contribution in [-0.2, 0) is 21.9 Å². The third kappa shape index (κ3) is 7.35. The van der Waals surface area contributed by atoms with Gasteiger partial charge in [0.05, 0.1) is 5.75 Å². The fourth-order valence-corrected chi connectivity index (χ4v) is 4.82. The Kier molecular flexibility index (Phi) is 8.96. The molecule has 1 aliphatic rings. The summed E-state index contributed by atoms with van der Waals surface area (Å²) in [5.74, 6) is 0.424. The summed E-state index contributed by atoms with van der Waals surface area (Å²) < 4.78 is 14.0. The highest BCUT2D eigenvalue weighted by molar-refractivity contribution is 9.10. The Balaban J connectivity index is 1.64. The first kappa shape index (κ1) is 23.8. The molecule has 0 bridgehead atoms. The maximum Gasteiger partial charge on any atom is 0.242 e. The number of nitrogens with one attached hydrogen (secondary N) is 1. The highest BCUT2D eigenvalue weighted by atomic mass is 79.9. The first-order valence-electron chi connectivity index (χ1n) is 10.6. The van der Waals surface area contributed by atoms with Crippen LogP contribution >= 0.6 is 27.7 Å². The molecule has 1 fully saturated rings. The van der Waals surface area contributed by atoms with Crippen molar-refractivity contribution >= 4 is 39.5 Å². The van der Waals surface area contributed by atoms with Gasteiger partial charge in [0.2, 0.25) is 11.8 Å². The number of thioether (sulfide) groups is 1. The lowest BCUT2D eigenvalue weighted by Crippen LogP contribution is -2.50. The Labute approximate surface area is 196 Å². The minimum atomic E-state index is -0.553.